The van der Waals surface area contributed by atoms with Crippen LogP contribution in [0.4, 0.5) is 5.69 Å². The second-order valence-corrected chi connectivity index (χ2v) is 4.83. The molecule has 1 aromatic rings. The number of thioether (sulfide) groups is 1. The summed E-state index contributed by atoms with van der Waals surface area (Å²) < 4.78 is 0. The van der Waals surface area contributed by atoms with Crippen LogP contribution in [0.2, 0.25) is 0 Å². The van der Waals surface area contributed by atoms with Gasteiger partial charge in [-0.05, 0) is 13.0 Å². The second-order valence-electron chi connectivity index (χ2n) is 3.41. The molecule has 0 heterocycles. The average molecular weight is 226 g/mol. The van der Waals surface area contributed by atoms with E-state index in [9.17, 15) is 10.1 Å². The van der Waals surface area contributed by atoms with Gasteiger partial charge < -0.3 is 5.73 Å². The van der Waals surface area contributed by atoms with Gasteiger partial charge in [-0.2, -0.15) is 0 Å². The zero-order chi connectivity index (χ0) is 11.4. The van der Waals surface area contributed by atoms with Crippen LogP contribution in [-0.2, 0) is 0 Å². The fraction of sp³-hybridized carbons (Fsp3) is 0.400. The zero-order valence-electron chi connectivity index (χ0n) is 8.71. The molecule has 0 bridgehead atoms. The third-order valence-corrected chi connectivity index (χ3v) is 3.52. The molecule has 5 heteroatoms. The van der Waals surface area contributed by atoms with Gasteiger partial charge in [0.1, 0.15) is 0 Å². The minimum absolute atomic E-state index is 0.00908. The van der Waals surface area contributed by atoms with Gasteiger partial charge >= 0.3 is 0 Å². The summed E-state index contributed by atoms with van der Waals surface area (Å²) in [6, 6.07) is 6.73. The highest BCUT2D eigenvalue weighted by atomic mass is 32.2. The number of nitrogens with two attached hydrogens (primary N) is 1. The summed E-state index contributed by atoms with van der Waals surface area (Å²) in [4.78, 5) is 11.0. The van der Waals surface area contributed by atoms with Crippen molar-refractivity contribution in [2.24, 2.45) is 5.73 Å². The molecule has 0 fully saturated rings. The summed E-state index contributed by atoms with van der Waals surface area (Å²) in [7, 11) is 0. The van der Waals surface area contributed by atoms with Crippen LogP contribution in [0.25, 0.3) is 0 Å². The van der Waals surface area contributed by atoms with E-state index in [1.807, 2.05) is 13.8 Å². The summed E-state index contributed by atoms with van der Waals surface area (Å²) in [5.74, 6) is 0. The van der Waals surface area contributed by atoms with Crippen LogP contribution in [0.1, 0.15) is 13.8 Å². The topological polar surface area (TPSA) is 69.2 Å². The van der Waals surface area contributed by atoms with E-state index < -0.39 is 0 Å². The Balaban J connectivity index is 2.89. The second kappa shape index (κ2) is 5.14. The molecule has 0 aliphatic heterocycles. The van der Waals surface area contributed by atoms with Crippen molar-refractivity contribution in [2.75, 3.05) is 0 Å². The van der Waals surface area contributed by atoms with Gasteiger partial charge in [-0.25, -0.2) is 0 Å². The zero-order valence-corrected chi connectivity index (χ0v) is 9.53. The Morgan fingerprint density at radius 1 is 1.40 bits per heavy atom. The van der Waals surface area contributed by atoms with Gasteiger partial charge in [0.05, 0.1) is 9.82 Å². The molecule has 0 aromatic heterocycles. The first-order valence-corrected chi connectivity index (χ1v) is 5.56. The third kappa shape index (κ3) is 3.21. The first-order chi connectivity index (χ1) is 7.02. The van der Waals surface area contributed by atoms with Crippen molar-refractivity contribution < 1.29 is 4.92 Å². The smallest absolute Gasteiger partial charge is 0.282 e. The molecule has 4 nitrogen and oxygen atoms in total. The maximum Gasteiger partial charge on any atom is 0.282 e. The van der Waals surface area contributed by atoms with Gasteiger partial charge in [0, 0.05) is 17.4 Å². The molecule has 0 radical (unpaired) electrons. The molecule has 2 unspecified atom stereocenters. The fourth-order valence-corrected chi connectivity index (χ4v) is 2.05. The van der Waals surface area contributed by atoms with Gasteiger partial charge in [0.2, 0.25) is 0 Å². The number of nitro groups is 1. The third-order valence-electron chi connectivity index (χ3n) is 2.12. The van der Waals surface area contributed by atoms with Crippen LogP contribution in [0.3, 0.4) is 0 Å². The summed E-state index contributed by atoms with van der Waals surface area (Å²) in [6.45, 7) is 3.86. The number of nitrogens with zero attached hydrogens (tertiary/aromatic N) is 1. The summed E-state index contributed by atoms with van der Waals surface area (Å²) in [5, 5.41) is 10.9. The first kappa shape index (κ1) is 12.0. The molecule has 0 spiro atoms. The normalized spacial score (nSPS) is 14.6. The number of hydrogen-bond donors (Lipinski definition) is 1. The van der Waals surface area contributed by atoms with Gasteiger partial charge in [-0.1, -0.05) is 19.1 Å². The van der Waals surface area contributed by atoms with Crippen molar-refractivity contribution in [1.82, 2.24) is 0 Å². The van der Waals surface area contributed by atoms with Crippen molar-refractivity contribution in [3.05, 3.63) is 34.4 Å². The van der Waals surface area contributed by atoms with E-state index in [1.54, 1.807) is 18.2 Å². The van der Waals surface area contributed by atoms with Crippen LogP contribution in [-0.4, -0.2) is 16.2 Å². The fourth-order valence-electron chi connectivity index (χ4n) is 1.02. The molecule has 1 aromatic carbocycles. The molecular weight excluding hydrogens is 212 g/mol. The van der Waals surface area contributed by atoms with Gasteiger partial charge in [0.15, 0.2) is 0 Å². The quantitative estimate of drug-likeness (QED) is 0.486. The van der Waals surface area contributed by atoms with E-state index in [-0.39, 0.29) is 21.9 Å². The minimum Gasteiger partial charge on any atom is -0.327 e. The van der Waals surface area contributed by atoms with E-state index in [0.29, 0.717) is 4.90 Å². The number of nitro benzene ring substituents is 1. The molecule has 15 heavy (non-hydrogen) atoms. The molecular formula is C10H14N2O2S. The minimum atomic E-state index is -0.365. The molecule has 0 saturated heterocycles. The summed E-state index contributed by atoms with van der Waals surface area (Å²) in [5.41, 5.74) is 5.87. The van der Waals surface area contributed by atoms with E-state index >= 15 is 0 Å². The van der Waals surface area contributed by atoms with E-state index in [2.05, 4.69) is 0 Å². The maximum absolute atomic E-state index is 10.7. The monoisotopic (exact) mass is 226 g/mol. The number of rotatable bonds is 4. The van der Waals surface area contributed by atoms with Crippen LogP contribution < -0.4 is 5.73 Å². The lowest BCUT2D eigenvalue weighted by Crippen LogP contribution is -2.26. The molecule has 2 atom stereocenters. The van der Waals surface area contributed by atoms with Crippen molar-refractivity contribution in [2.45, 2.75) is 30.0 Å². The van der Waals surface area contributed by atoms with E-state index in [0.717, 1.165) is 0 Å². The largest absolute Gasteiger partial charge is 0.327 e. The Hall–Kier alpha value is -1.07. The predicted octanol–water partition coefficient (Wildman–Crippen LogP) is 2.42. The first-order valence-electron chi connectivity index (χ1n) is 4.68. The lowest BCUT2D eigenvalue weighted by Gasteiger charge is -2.14. The SMILES string of the molecule is CC(N)C(C)Sc1ccccc1[N+](=O)[O-]. The Kier molecular flexibility index (Phi) is 4.11. The number of benzene rings is 1. The molecule has 2 N–H and O–H groups in total. The van der Waals surface area contributed by atoms with Gasteiger partial charge in [-0.15, -0.1) is 11.8 Å². The molecule has 1 rings (SSSR count). The van der Waals surface area contributed by atoms with Crippen LogP contribution in [0.15, 0.2) is 29.2 Å². The lowest BCUT2D eigenvalue weighted by molar-refractivity contribution is -0.387. The molecule has 82 valence electrons. The number of para-hydroxylation sites is 1. The Morgan fingerprint density at radius 3 is 2.53 bits per heavy atom. The molecule has 0 aliphatic rings. The highest BCUT2D eigenvalue weighted by Crippen LogP contribution is 2.32. The molecule has 0 saturated carbocycles. The van der Waals surface area contributed by atoms with Crippen molar-refractivity contribution >= 4 is 17.4 Å². The van der Waals surface area contributed by atoms with Crippen LogP contribution >= 0.6 is 11.8 Å². The van der Waals surface area contributed by atoms with Crippen LogP contribution in [0.5, 0.6) is 0 Å². The maximum atomic E-state index is 10.7. The van der Waals surface area contributed by atoms with Crippen molar-refractivity contribution in [3.63, 3.8) is 0 Å². The Morgan fingerprint density at radius 2 is 2.00 bits per heavy atom. The summed E-state index contributed by atoms with van der Waals surface area (Å²) >= 11 is 1.44. The van der Waals surface area contributed by atoms with Gasteiger partial charge in [-0.3, -0.25) is 10.1 Å². The van der Waals surface area contributed by atoms with Crippen LogP contribution in [0, 0.1) is 10.1 Å². The van der Waals surface area contributed by atoms with Gasteiger partial charge in [0.25, 0.3) is 5.69 Å². The van der Waals surface area contributed by atoms with E-state index in [1.165, 1.54) is 17.8 Å². The van der Waals surface area contributed by atoms with Crippen molar-refractivity contribution in [1.29, 1.82) is 0 Å². The Labute approximate surface area is 93.0 Å². The average Bonchev–Trinajstić information content (AvgIpc) is 2.18. The predicted molar refractivity (Wildman–Crippen MR) is 62.1 cm³/mol. The Bertz CT molecular complexity index is 355. The highest BCUT2D eigenvalue weighted by molar-refractivity contribution is 8.00. The van der Waals surface area contributed by atoms with E-state index in [4.69, 9.17) is 5.73 Å². The highest BCUT2D eigenvalue weighted by Gasteiger charge is 2.17. The lowest BCUT2D eigenvalue weighted by atomic mass is 10.3. The number of hydrogen-bond acceptors (Lipinski definition) is 4. The molecule has 0 amide bonds. The summed E-state index contributed by atoms with van der Waals surface area (Å²) in [6.07, 6.45) is 0. The van der Waals surface area contributed by atoms with Crippen molar-refractivity contribution in [3.8, 4) is 0 Å². The standard InChI is InChI=1S/C10H14N2O2S/c1-7(11)8(2)15-10-6-4-3-5-9(10)12(13)14/h3-8H,11H2,1-2H3. The molecule has 0 aliphatic carbocycles.